The Morgan fingerprint density at radius 2 is 2.17 bits per heavy atom. The van der Waals surface area contributed by atoms with Gasteiger partial charge in [-0.1, -0.05) is 20.3 Å². The van der Waals surface area contributed by atoms with E-state index in [1.807, 2.05) is 0 Å². The van der Waals surface area contributed by atoms with Crippen LogP contribution in [-0.4, -0.2) is 25.2 Å². The highest BCUT2D eigenvalue weighted by atomic mass is 32.1. The summed E-state index contributed by atoms with van der Waals surface area (Å²) in [6, 6.07) is 1.35. The Balaban J connectivity index is 0.00000121. The third kappa shape index (κ3) is 5.01. The fourth-order valence-electron chi connectivity index (χ4n) is 1.48. The van der Waals surface area contributed by atoms with E-state index in [1.54, 1.807) is 0 Å². The quantitative estimate of drug-likeness (QED) is 0.700. The molecule has 0 amide bonds. The highest BCUT2D eigenvalue weighted by Crippen LogP contribution is 2.05. The predicted octanol–water partition coefficient (Wildman–Crippen LogP) is 1.24. The summed E-state index contributed by atoms with van der Waals surface area (Å²) in [6.45, 7) is 6.74. The summed E-state index contributed by atoms with van der Waals surface area (Å²) in [6.07, 6.45) is 4.11. The van der Waals surface area contributed by atoms with Crippen LogP contribution in [0.4, 0.5) is 0 Å². The van der Waals surface area contributed by atoms with Crippen LogP contribution in [0.15, 0.2) is 0 Å². The second-order valence-corrected chi connectivity index (χ2v) is 3.71. The van der Waals surface area contributed by atoms with Crippen LogP contribution in [0.5, 0.6) is 0 Å². The standard InChI is InChI=1S/C9H20N2.H2S/c1-8(2)11-7-9-5-3-4-6-10-9;/h8-11H,3-7H2,1-2H3;1H2/t9-;/m0./s1. The van der Waals surface area contributed by atoms with E-state index in [0.717, 1.165) is 12.6 Å². The molecule has 1 saturated heterocycles. The van der Waals surface area contributed by atoms with Crippen LogP contribution in [-0.2, 0) is 0 Å². The summed E-state index contributed by atoms with van der Waals surface area (Å²) in [4.78, 5) is 0. The van der Waals surface area contributed by atoms with Crippen molar-refractivity contribution in [2.24, 2.45) is 0 Å². The Kier molecular flexibility index (Phi) is 6.90. The van der Waals surface area contributed by atoms with Gasteiger partial charge in [-0.3, -0.25) is 0 Å². The van der Waals surface area contributed by atoms with Crippen molar-refractivity contribution in [1.82, 2.24) is 10.6 Å². The van der Waals surface area contributed by atoms with Crippen LogP contribution in [0.2, 0.25) is 0 Å². The van der Waals surface area contributed by atoms with Crippen molar-refractivity contribution >= 4 is 13.5 Å². The highest BCUT2D eigenvalue weighted by molar-refractivity contribution is 7.59. The van der Waals surface area contributed by atoms with E-state index >= 15 is 0 Å². The monoisotopic (exact) mass is 190 g/mol. The molecule has 2 nitrogen and oxygen atoms in total. The lowest BCUT2D eigenvalue weighted by atomic mass is 10.1. The Labute approximate surface area is 82.9 Å². The first kappa shape index (κ1) is 12.3. The molecule has 2 N–H and O–H groups in total. The molecule has 1 rings (SSSR count). The fourth-order valence-corrected chi connectivity index (χ4v) is 1.48. The van der Waals surface area contributed by atoms with E-state index in [9.17, 15) is 0 Å². The number of piperidine rings is 1. The molecule has 1 aliphatic heterocycles. The van der Waals surface area contributed by atoms with Crippen molar-refractivity contribution in [2.45, 2.75) is 45.2 Å². The molecule has 1 aliphatic rings. The molecule has 0 aromatic carbocycles. The molecule has 0 aromatic heterocycles. The van der Waals surface area contributed by atoms with Gasteiger partial charge in [0.1, 0.15) is 0 Å². The third-order valence-corrected chi connectivity index (χ3v) is 2.18. The summed E-state index contributed by atoms with van der Waals surface area (Å²) < 4.78 is 0. The maximum absolute atomic E-state index is 3.51. The zero-order valence-corrected chi connectivity index (χ0v) is 9.19. The molecular formula is C9H22N2S. The van der Waals surface area contributed by atoms with Gasteiger partial charge >= 0.3 is 0 Å². The van der Waals surface area contributed by atoms with Gasteiger partial charge in [-0.2, -0.15) is 13.5 Å². The van der Waals surface area contributed by atoms with Crippen molar-refractivity contribution in [3.8, 4) is 0 Å². The van der Waals surface area contributed by atoms with Crippen molar-refractivity contribution in [3.63, 3.8) is 0 Å². The number of nitrogens with one attached hydrogen (secondary N) is 2. The second-order valence-electron chi connectivity index (χ2n) is 3.71. The van der Waals surface area contributed by atoms with Crippen molar-refractivity contribution in [3.05, 3.63) is 0 Å². The zero-order chi connectivity index (χ0) is 8.10. The van der Waals surface area contributed by atoms with Crippen LogP contribution < -0.4 is 10.6 Å². The summed E-state index contributed by atoms with van der Waals surface area (Å²) in [7, 11) is 0. The molecule has 3 heteroatoms. The van der Waals surface area contributed by atoms with Gasteiger partial charge in [0, 0.05) is 18.6 Å². The minimum absolute atomic E-state index is 0. The largest absolute Gasteiger partial charge is 0.313 e. The molecule has 0 radical (unpaired) electrons. The van der Waals surface area contributed by atoms with Gasteiger partial charge in [-0.25, -0.2) is 0 Å². The van der Waals surface area contributed by atoms with Gasteiger partial charge in [-0.05, 0) is 19.4 Å². The molecule has 0 bridgehead atoms. The van der Waals surface area contributed by atoms with Crippen molar-refractivity contribution < 1.29 is 0 Å². The Hall–Kier alpha value is 0.270. The topological polar surface area (TPSA) is 24.1 Å². The van der Waals surface area contributed by atoms with Crippen LogP contribution >= 0.6 is 13.5 Å². The van der Waals surface area contributed by atoms with E-state index in [1.165, 1.54) is 25.8 Å². The summed E-state index contributed by atoms with van der Waals surface area (Å²) >= 11 is 0. The van der Waals surface area contributed by atoms with Crippen molar-refractivity contribution in [2.75, 3.05) is 13.1 Å². The van der Waals surface area contributed by atoms with Gasteiger partial charge in [0.25, 0.3) is 0 Å². The molecular weight excluding hydrogens is 168 g/mol. The average Bonchev–Trinajstić information content (AvgIpc) is 2.03. The highest BCUT2D eigenvalue weighted by Gasteiger charge is 2.11. The van der Waals surface area contributed by atoms with E-state index in [2.05, 4.69) is 24.5 Å². The van der Waals surface area contributed by atoms with E-state index in [-0.39, 0.29) is 13.5 Å². The van der Waals surface area contributed by atoms with Gasteiger partial charge < -0.3 is 10.6 Å². The number of hydrogen-bond donors (Lipinski definition) is 2. The molecule has 12 heavy (non-hydrogen) atoms. The number of rotatable bonds is 3. The van der Waals surface area contributed by atoms with Crippen LogP contribution in [0.25, 0.3) is 0 Å². The number of hydrogen-bond acceptors (Lipinski definition) is 2. The van der Waals surface area contributed by atoms with E-state index < -0.39 is 0 Å². The van der Waals surface area contributed by atoms with Crippen LogP contribution in [0.3, 0.4) is 0 Å². The first-order chi connectivity index (χ1) is 5.29. The molecule has 0 saturated carbocycles. The Morgan fingerprint density at radius 1 is 1.42 bits per heavy atom. The lowest BCUT2D eigenvalue weighted by Gasteiger charge is -2.24. The molecule has 0 unspecified atom stereocenters. The minimum Gasteiger partial charge on any atom is -0.313 e. The van der Waals surface area contributed by atoms with E-state index in [4.69, 9.17) is 0 Å². The maximum Gasteiger partial charge on any atom is 0.0192 e. The maximum atomic E-state index is 3.51. The lowest BCUT2D eigenvalue weighted by Crippen LogP contribution is -2.43. The third-order valence-electron chi connectivity index (χ3n) is 2.18. The Morgan fingerprint density at radius 3 is 2.67 bits per heavy atom. The first-order valence-electron chi connectivity index (χ1n) is 4.76. The van der Waals surface area contributed by atoms with Gasteiger partial charge in [-0.15, -0.1) is 0 Å². The molecule has 1 heterocycles. The SMILES string of the molecule is CC(C)NC[C@@H]1CCCCN1.S. The normalized spacial score (nSPS) is 23.8. The smallest absolute Gasteiger partial charge is 0.0192 e. The predicted molar refractivity (Wildman–Crippen MR) is 59.2 cm³/mol. The lowest BCUT2D eigenvalue weighted by molar-refractivity contribution is 0.374. The van der Waals surface area contributed by atoms with Gasteiger partial charge in [0.05, 0.1) is 0 Å². The second kappa shape index (κ2) is 6.75. The van der Waals surface area contributed by atoms with Gasteiger partial charge in [0.2, 0.25) is 0 Å². The Bertz CT molecular complexity index is 101. The van der Waals surface area contributed by atoms with E-state index in [0.29, 0.717) is 6.04 Å². The molecule has 0 aromatic rings. The summed E-state index contributed by atoms with van der Waals surface area (Å²) in [5.74, 6) is 0. The molecule has 0 aliphatic carbocycles. The fraction of sp³-hybridized carbons (Fsp3) is 1.00. The zero-order valence-electron chi connectivity index (χ0n) is 8.19. The summed E-state index contributed by atoms with van der Waals surface area (Å²) in [5, 5.41) is 6.96. The average molecular weight is 190 g/mol. The molecule has 74 valence electrons. The minimum atomic E-state index is 0. The van der Waals surface area contributed by atoms with Gasteiger partial charge in [0.15, 0.2) is 0 Å². The van der Waals surface area contributed by atoms with Crippen LogP contribution in [0.1, 0.15) is 33.1 Å². The van der Waals surface area contributed by atoms with Crippen molar-refractivity contribution in [1.29, 1.82) is 0 Å². The van der Waals surface area contributed by atoms with Crippen LogP contribution in [0, 0.1) is 0 Å². The molecule has 1 atom stereocenters. The first-order valence-corrected chi connectivity index (χ1v) is 4.76. The molecule has 0 spiro atoms. The summed E-state index contributed by atoms with van der Waals surface area (Å²) in [5.41, 5.74) is 0. The molecule has 1 fully saturated rings.